The molecular weight excluding hydrogens is 164 g/mol. The van der Waals surface area contributed by atoms with Gasteiger partial charge in [-0.05, 0) is 0 Å². The van der Waals surface area contributed by atoms with Crippen molar-refractivity contribution in [3.63, 3.8) is 0 Å². The van der Waals surface area contributed by atoms with Crippen LogP contribution in [0.15, 0.2) is 11.5 Å². The summed E-state index contributed by atoms with van der Waals surface area (Å²) in [7, 11) is 2.61. The maximum atomic E-state index is 10.3. The predicted octanol–water partition coefficient (Wildman–Crippen LogP) is 0.715. The molecule has 0 aliphatic carbocycles. The van der Waals surface area contributed by atoms with Gasteiger partial charge in [-0.3, -0.25) is 0 Å². The molecule has 0 N–H and O–H groups in total. The van der Waals surface area contributed by atoms with E-state index in [2.05, 4.69) is 11.3 Å². The summed E-state index contributed by atoms with van der Waals surface area (Å²) in [5, 5.41) is 0. The third-order valence-electron chi connectivity index (χ3n) is 0.650. The van der Waals surface area contributed by atoms with Crippen LogP contribution in [0.5, 0.6) is 0 Å². The first kappa shape index (κ1) is 8.94. The summed E-state index contributed by atoms with van der Waals surface area (Å²) >= 11 is 0. The average Bonchev–Trinajstić information content (AvgIpc) is 1.64. The van der Waals surface area contributed by atoms with Crippen molar-refractivity contribution in [2.24, 2.45) is 0 Å². The maximum absolute atomic E-state index is 10.3. The Kier molecular flexibility index (Phi) is 3.17. The van der Waals surface area contributed by atoms with E-state index < -0.39 is 9.05 Å². The fraction of sp³-hybridized carbons (Fsp3) is 0.500. The third kappa shape index (κ3) is 3.51. The summed E-state index contributed by atoms with van der Waals surface area (Å²) in [4.78, 5) is -0.119. The largest absolute Gasteiger partial charge is 0.379 e. The van der Waals surface area contributed by atoms with E-state index in [4.69, 9.17) is 10.7 Å². The molecule has 0 aromatic rings. The van der Waals surface area contributed by atoms with E-state index in [1.54, 1.807) is 0 Å². The lowest BCUT2D eigenvalue weighted by molar-refractivity contribution is 0.231. The van der Waals surface area contributed by atoms with E-state index in [1.807, 2.05) is 0 Å². The molecule has 0 atom stereocenters. The van der Waals surface area contributed by atoms with Gasteiger partial charge in [0.1, 0.15) is 0 Å². The third-order valence-corrected chi connectivity index (χ3v) is 2.11. The van der Waals surface area contributed by atoms with Crippen LogP contribution in [0.1, 0.15) is 0 Å². The molecule has 0 bridgehead atoms. The van der Waals surface area contributed by atoms with Crippen LogP contribution in [0.4, 0.5) is 0 Å². The first-order valence-electron chi connectivity index (χ1n) is 2.10. The molecule has 0 spiro atoms. The molecule has 0 saturated carbocycles. The molecule has 0 aromatic heterocycles. The van der Waals surface area contributed by atoms with E-state index in [0.29, 0.717) is 0 Å². The Morgan fingerprint density at radius 2 is 2.22 bits per heavy atom. The van der Waals surface area contributed by atoms with Gasteiger partial charge in [0.25, 0.3) is 9.05 Å². The molecule has 0 fully saturated rings. The van der Waals surface area contributed by atoms with Gasteiger partial charge >= 0.3 is 0 Å². The van der Waals surface area contributed by atoms with Crippen molar-refractivity contribution in [3.8, 4) is 0 Å². The fourth-order valence-corrected chi connectivity index (χ4v) is 0.624. The molecule has 0 aliphatic rings. The van der Waals surface area contributed by atoms with Crippen LogP contribution in [0, 0.1) is 0 Å². The molecule has 0 amide bonds. The molecule has 0 heterocycles. The minimum Gasteiger partial charge on any atom is -0.379 e. The quantitative estimate of drug-likeness (QED) is 0.587. The summed E-state index contributed by atoms with van der Waals surface area (Å²) in [6, 6.07) is 0. The molecule has 0 unspecified atom stereocenters. The Morgan fingerprint density at radius 3 is 2.33 bits per heavy atom. The molecule has 54 valence electrons. The molecule has 9 heavy (non-hydrogen) atoms. The van der Waals surface area contributed by atoms with Crippen molar-refractivity contribution in [1.29, 1.82) is 0 Å². The Bertz CT molecular complexity index is 194. The van der Waals surface area contributed by atoms with Gasteiger partial charge < -0.3 is 4.74 Å². The molecule has 3 nitrogen and oxygen atoms in total. The molecule has 0 radical (unpaired) electrons. The number of hydrogen-bond acceptors (Lipinski definition) is 3. The normalized spacial score (nSPS) is 11.3. The van der Waals surface area contributed by atoms with Crippen LogP contribution >= 0.6 is 10.7 Å². The number of ether oxygens (including phenoxy) is 1. The number of methoxy groups -OCH3 is 1. The second kappa shape index (κ2) is 3.20. The topological polar surface area (TPSA) is 43.4 Å². The molecule has 0 aliphatic heterocycles. The van der Waals surface area contributed by atoms with Gasteiger partial charge in [-0.2, -0.15) is 0 Å². The van der Waals surface area contributed by atoms with Gasteiger partial charge in [-0.25, -0.2) is 8.42 Å². The number of hydrogen-bond donors (Lipinski definition) is 0. The summed E-state index contributed by atoms with van der Waals surface area (Å²) in [6.07, 6.45) is 0. The van der Waals surface area contributed by atoms with Gasteiger partial charge in [-0.15, -0.1) is 0 Å². The number of halogens is 1. The molecule has 0 rings (SSSR count). The zero-order valence-corrected chi connectivity index (χ0v) is 6.50. The number of rotatable bonds is 3. The van der Waals surface area contributed by atoms with E-state index >= 15 is 0 Å². The first-order valence-corrected chi connectivity index (χ1v) is 4.41. The van der Waals surface area contributed by atoms with Crippen molar-refractivity contribution in [2.75, 3.05) is 13.7 Å². The zero-order chi connectivity index (χ0) is 7.49. The first-order chi connectivity index (χ1) is 3.98. The second-order valence-corrected chi connectivity index (χ2v) is 4.08. The smallest absolute Gasteiger partial charge is 0.259 e. The van der Waals surface area contributed by atoms with Gasteiger partial charge in [0.2, 0.25) is 0 Å². The van der Waals surface area contributed by atoms with Crippen molar-refractivity contribution in [2.45, 2.75) is 0 Å². The Hall–Kier alpha value is -0.0600. The lowest BCUT2D eigenvalue weighted by Crippen LogP contribution is -2.00. The minimum absolute atomic E-state index is 0.0498. The van der Waals surface area contributed by atoms with E-state index in [1.165, 1.54) is 7.11 Å². The predicted molar refractivity (Wildman–Crippen MR) is 35.8 cm³/mol. The lowest BCUT2D eigenvalue weighted by Gasteiger charge is -1.96. The molecule has 0 saturated heterocycles. The van der Waals surface area contributed by atoms with Crippen LogP contribution in [-0.4, -0.2) is 22.1 Å². The van der Waals surface area contributed by atoms with Gasteiger partial charge in [0.05, 0.1) is 11.5 Å². The SMILES string of the molecule is C=C(COC)S(=O)(=O)Cl. The fourth-order valence-electron chi connectivity index (χ4n) is 0.231. The highest BCUT2D eigenvalue weighted by Gasteiger charge is 2.09. The van der Waals surface area contributed by atoms with Crippen LogP contribution in [-0.2, 0) is 13.8 Å². The Morgan fingerprint density at radius 1 is 1.78 bits per heavy atom. The van der Waals surface area contributed by atoms with Crippen molar-refractivity contribution < 1.29 is 13.2 Å². The average molecular weight is 171 g/mol. The van der Waals surface area contributed by atoms with Gasteiger partial charge in [0, 0.05) is 17.8 Å². The molecular formula is C4H7ClO3S. The van der Waals surface area contributed by atoms with Gasteiger partial charge in [0.15, 0.2) is 0 Å². The maximum Gasteiger partial charge on any atom is 0.259 e. The van der Waals surface area contributed by atoms with Crippen molar-refractivity contribution >= 4 is 19.7 Å². The molecule has 0 aromatic carbocycles. The second-order valence-electron chi connectivity index (χ2n) is 1.41. The summed E-state index contributed by atoms with van der Waals surface area (Å²) in [5.41, 5.74) is 0. The highest BCUT2D eigenvalue weighted by Crippen LogP contribution is 2.08. The van der Waals surface area contributed by atoms with Crippen LogP contribution in [0.3, 0.4) is 0 Å². The standard InChI is InChI=1S/C4H7ClO3S/c1-4(3-8-2)9(5,6)7/h1,3H2,2H3. The zero-order valence-electron chi connectivity index (χ0n) is 4.93. The van der Waals surface area contributed by atoms with E-state index in [9.17, 15) is 8.42 Å². The molecule has 5 heteroatoms. The van der Waals surface area contributed by atoms with Crippen molar-refractivity contribution in [1.82, 2.24) is 0 Å². The Balaban J connectivity index is 4.08. The summed E-state index contributed by atoms with van der Waals surface area (Å²) < 4.78 is 25.1. The van der Waals surface area contributed by atoms with Crippen LogP contribution in [0.25, 0.3) is 0 Å². The van der Waals surface area contributed by atoms with E-state index in [0.717, 1.165) is 0 Å². The highest BCUT2D eigenvalue weighted by atomic mass is 35.7. The minimum atomic E-state index is -3.61. The lowest BCUT2D eigenvalue weighted by atomic mass is 10.7. The summed E-state index contributed by atoms with van der Waals surface area (Å²) in [5.74, 6) is 0. The van der Waals surface area contributed by atoms with Crippen molar-refractivity contribution in [3.05, 3.63) is 11.5 Å². The monoisotopic (exact) mass is 170 g/mol. The van der Waals surface area contributed by atoms with Crippen LogP contribution < -0.4 is 0 Å². The van der Waals surface area contributed by atoms with Crippen LogP contribution in [0.2, 0.25) is 0 Å². The highest BCUT2D eigenvalue weighted by molar-refractivity contribution is 8.16. The van der Waals surface area contributed by atoms with E-state index in [-0.39, 0.29) is 11.5 Å². The summed E-state index contributed by atoms with van der Waals surface area (Å²) in [6.45, 7) is 3.12. The van der Waals surface area contributed by atoms with Gasteiger partial charge in [-0.1, -0.05) is 6.58 Å². The Labute approximate surface area is 58.7 Å².